The molecule has 8 heteroatoms. The highest BCUT2D eigenvalue weighted by molar-refractivity contribution is 6.23. The summed E-state index contributed by atoms with van der Waals surface area (Å²) in [6.07, 6.45) is 1.75. The van der Waals surface area contributed by atoms with Gasteiger partial charge in [0, 0.05) is 6.54 Å². The SMILES string of the molecule is COc1ccc(CCN(C(=O)c2ccco2)C2CC(=O)N(c3ccccc3)C2=O)cc1OC. The number of hydrogen-bond donors (Lipinski definition) is 0. The Balaban J connectivity index is 1.60. The summed E-state index contributed by atoms with van der Waals surface area (Å²) in [5.74, 6) is 0.0568. The molecule has 0 radical (unpaired) electrons. The monoisotopic (exact) mass is 448 g/mol. The van der Waals surface area contributed by atoms with Gasteiger partial charge in [-0.1, -0.05) is 24.3 Å². The molecule has 1 atom stereocenters. The summed E-state index contributed by atoms with van der Waals surface area (Å²) in [5, 5.41) is 0. The first-order chi connectivity index (χ1) is 16.0. The maximum Gasteiger partial charge on any atom is 0.290 e. The Labute approximate surface area is 191 Å². The lowest BCUT2D eigenvalue weighted by atomic mass is 10.1. The van der Waals surface area contributed by atoms with Crippen LogP contribution in [0.5, 0.6) is 11.5 Å². The number of rotatable bonds is 8. The molecule has 0 N–H and O–H groups in total. The number of ether oxygens (including phenoxy) is 2. The number of furan rings is 1. The second-order valence-corrected chi connectivity index (χ2v) is 7.54. The maximum atomic E-state index is 13.3. The summed E-state index contributed by atoms with van der Waals surface area (Å²) < 4.78 is 15.9. The van der Waals surface area contributed by atoms with Crippen LogP contribution < -0.4 is 14.4 Å². The van der Waals surface area contributed by atoms with E-state index >= 15 is 0 Å². The highest BCUT2D eigenvalue weighted by Crippen LogP contribution is 2.29. The average molecular weight is 448 g/mol. The molecular weight excluding hydrogens is 424 g/mol. The lowest BCUT2D eigenvalue weighted by Crippen LogP contribution is -2.46. The standard InChI is InChI=1S/C25H24N2O6/c1-31-20-11-10-17(15-22(20)32-2)12-13-26(25(30)21-9-6-14-33-21)19-16-23(28)27(24(19)29)18-7-4-3-5-8-18/h3-11,14-15,19H,12-13,16H2,1-2H3. The van der Waals surface area contributed by atoms with Crippen LogP contribution in [0.3, 0.4) is 0 Å². The summed E-state index contributed by atoms with van der Waals surface area (Å²) >= 11 is 0. The number of nitrogens with zero attached hydrogens (tertiary/aromatic N) is 2. The van der Waals surface area contributed by atoms with Gasteiger partial charge in [0.1, 0.15) is 6.04 Å². The molecule has 3 amide bonds. The summed E-state index contributed by atoms with van der Waals surface area (Å²) in [7, 11) is 3.11. The molecule has 8 nitrogen and oxygen atoms in total. The molecule has 0 saturated carbocycles. The molecule has 0 spiro atoms. The lowest BCUT2D eigenvalue weighted by molar-refractivity contribution is -0.122. The molecule has 1 aliphatic rings. The predicted octanol–water partition coefficient (Wildman–Crippen LogP) is 3.31. The van der Waals surface area contributed by atoms with E-state index in [1.165, 1.54) is 11.2 Å². The Morgan fingerprint density at radius 1 is 1.03 bits per heavy atom. The van der Waals surface area contributed by atoms with E-state index in [0.29, 0.717) is 23.6 Å². The number of methoxy groups -OCH3 is 2. The average Bonchev–Trinajstić information content (AvgIpc) is 3.48. The Morgan fingerprint density at radius 3 is 2.45 bits per heavy atom. The fraction of sp³-hybridized carbons (Fsp3) is 0.240. The van der Waals surface area contributed by atoms with Crippen LogP contribution in [-0.4, -0.2) is 49.4 Å². The number of amides is 3. The molecule has 4 rings (SSSR count). The van der Waals surface area contributed by atoms with Gasteiger partial charge < -0.3 is 18.8 Å². The Kier molecular flexibility index (Phi) is 6.44. The van der Waals surface area contributed by atoms with Crippen molar-refractivity contribution in [1.29, 1.82) is 0 Å². The number of benzene rings is 2. The third-order valence-electron chi connectivity index (χ3n) is 5.60. The minimum Gasteiger partial charge on any atom is -0.493 e. The van der Waals surface area contributed by atoms with Gasteiger partial charge in [0.05, 0.1) is 32.6 Å². The van der Waals surface area contributed by atoms with Gasteiger partial charge in [-0.25, -0.2) is 4.90 Å². The van der Waals surface area contributed by atoms with Crippen molar-refractivity contribution in [2.24, 2.45) is 0 Å². The van der Waals surface area contributed by atoms with Crippen molar-refractivity contribution in [2.45, 2.75) is 18.9 Å². The Bertz CT molecular complexity index is 1140. The van der Waals surface area contributed by atoms with Gasteiger partial charge in [-0.15, -0.1) is 0 Å². The van der Waals surface area contributed by atoms with E-state index in [4.69, 9.17) is 13.9 Å². The van der Waals surface area contributed by atoms with E-state index < -0.39 is 17.9 Å². The molecule has 0 bridgehead atoms. The molecular formula is C25H24N2O6. The fourth-order valence-corrected chi connectivity index (χ4v) is 3.93. The zero-order chi connectivity index (χ0) is 23.4. The molecule has 1 fully saturated rings. The summed E-state index contributed by atoms with van der Waals surface area (Å²) in [4.78, 5) is 41.8. The Morgan fingerprint density at radius 2 is 1.79 bits per heavy atom. The number of carbonyl (C=O) groups excluding carboxylic acids is 3. The highest BCUT2D eigenvalue weighted by atomic mass is 16.5. The van der Waals surface area contributed by atoms with Crippen molar-refractivity contribution in [1.82, 2.24) is 4.90 Å². The first-order valence-corrected chi connectivity index (χ1v) is 10.5. The number of para-hydroxylation sites is 1. The van der Waals surface area contributed by atoms with Crippen molar-refractivity contribution in [2.75, 3.05) is 25.7 Å². The van der Waals surface area contributed by atoms with Crippen molar-refractivity contribution in [3.63, 3.8) is 0 Å². The van der Waals surface area contributed by atoms with Gasteiger partial charge in [-0.3, -0.25) is 14.4 Å². The van der Waals surface area contributed by atoms with Gasteiger partial charge in [0.25, 0.3) is 11.8 Å². The quantitative estimate of drug-likeness (QED) is 0.491. The van der Waals surface area contributed by atoms with Gasteiger partial charge in [-0.2, -0.15) is 0 Å². The molecule has 0 aliphatic carbocycles. The third kappa shape index (κ3) is 4.45. The number of hydrogen-bond acceptors (Lipinski definition) is 6. The first-order valence-electron chi connectivity index (χ1n) is 10.5. The molecule has 3 aromatic rings. The van der Waals surface area contributed by atoms with Crippen LogP contribution in [0.4, 0.5) is 5.69 Å². The van der Waals surface area contributed by atoms with E-state index in [2.05, 4.69) is 0 Å². The molecule has 1 saturated heterocycles. The molecule has 170 valence electrons. The first kappa shape index (κ1) is 22.1. The number of anilines is 1. The molecule has 2 aromatic carbocycles. The van der Waals surface area contributed by atoms with E-state index in [1.54, 1.807) is 56.7 Å². The van der Waals surface area contributed by atoms with Crippen LogP contribution in [0, 0.1) is 0 Å². The van der Waals surface area contributed by atoms with Crippen LogP contribution in [-0.2, 0) is 16.0 Å². The molecule has 2 heterocycles. The largest absolute Gasteiger partial charge is 0.493 e. The van der Waals surface area contributed by atoms with Crippen LogP contribution in [0.1, 0.15) is 22.5 Å². The molecule has 1 unspecified atom stereocenters. The van der Waals surface area contributed by atoms with E-state index in [-0.39, 0.29) is 24.6 Å². The summed E-state index contributed by atoms with van der Waals surface area (Å²) in [6.45, 7) is 0.210. The van der Waals surface area contributed by atoms with E-state index in [0.717, 1.165) is 10.5 Å². The number of imide groups is 1. The third-order valence-corrected chi connectivity index (χ3v) is 5.60. The normalized spacial score (nSPS) is 15.6. The fourth-order valence-electron chi connectivity index (χ4n) is 3.93. The molecule has 33 heavy (non-hydrogen) atoms. The minimum atomic E-state index is -0.921. The van der Waals surface area contributed by atoms with Crippen LogP contribution >= 0.6 is 0 Å². The molecule has 1 aliphatic heterocycles. The maximum absolute atomic E-state index is 13.3. The predicted molar refractivity (Wildman–Crippen MR) is 120 cm³/mol. The van der Waals surface area contributed by atoms with Gasteiger partial charge in [0.15, 0.2) is 17.3 Å². The van der Waals surface area contributed by atoms with Gasteiger partial charge in [0.2, 0.25) is 5.91 Å². The van der Waals surface area contributed by atoms with Crippen molar-refractivity contribution >= 4 is 23.4 Å². The zero-order valence-corrected chi connectivity index (χ0v) is 18.4. The topological polar surface area (TPSA) is 89.3 Å². The summed E-state index contributed by atoms with van der Waals surface area (Å²) in [6, 6.07) is 16.4. The Hall–Kier alpha value is -4.07. The van der Waals surface area contributed by atoms with Crippen LogP contribution in [0.15, 0.2) is 71.3 Å². The van der Waals surface area contributed by atoms with Gasteiger partial charge >= 0.3 is 0 Å². The number of carbonyl (C=O) groups is 3. The smallest absolute Gasteiger partial charge is 0.290 e. The van der Waals surface area contributed by atoms with Crippen LogP contribution in [0.2, 0.25) is 0 Å². The van der Waals surface area contributed by atoms with E-state index in [9.17, 15) is 14.4 Å². The van der Waals surface area contributed by atoms with E-state index in [1.807, 2.05) is 18.2 Å². The van der Waals surface area contributed by atoms with Crippen molar-refractivity contribution in [3.05, 3.63) is 78.3 Å². The van der Waals surface area contributed by atoms with Crippen molar-refractivity contribution in [3.8, 4) is 11.5 Å². The second-order valence-electron chi connectivity index (χ2n) is 7.54. The summed E-state index contributed by atoms with van der Waals surface area (Å²) in [5.41, 5.74) is 1.38. The van der Waals surface area contributed by atoms with Crippen LogP contribution in [0.25, 0.3) is 0 Å². The minimum absolute atomic E-state index is 0.0912. The zero-order valence-electron chi connectivity index (χ0n) is 18.4. The highest BCUT2D eigenvalue weighted by Gasteiger charge is 2.44. The lowest BCUT2D eigenvalue weighted by Gasteiger charge is -2.27. The molecule has 1 aromatic heterocycles. The second kappa shape index (κ2) is 9.60. The van der Waals surface area contributed by atoms with Gasteiger partial charge in [-0.05, 0) is 48.4 Å². The van der Waals surface area contributed by atoms with Crippen molar-refractivity contribution < 1.29 is 28.3 Å².